The number of carbonyl (C=O) groups excluding carboxylic acids is 1. The van der Waals surface area contributed by atoms with Gasteiger partial charge in [-0.3, -0.25) is 4.79 Å². The van der Waals surface area contributed by atoms with Crippen molar-refractivity contribution in [3.8, 4) is 17.2 Å². The van der Waals surface area contributed by atoms with Crippen molar-refractivity contribution in [3.63, 3.8) is 0 Å². The van der Waals surface area contributed by atoms with E-state index < -0.39 is 6.04 Å². The molecule has 0 saturated carbocycles. The van der Waals surface area contributed by atoms with Crippen LogP contribution in [0, 0.1) is 0 Å². The standard InChI is InChI=1S/C32H33BrClN5O4S/c1-5-15-44-32-37-31-35-19(3)27(30(40)36-24-13-9-10-14-25(24)41-4)28(39(31)38-32)21-16-22(33)29(26(17-21)42-6-2)43-18-20-11-7-8-12-23(20)34/h7-14,16-17,28H,5-6,15,18H2,1-4H3,(H,36,40)(H,35,37,38). The summed E-state index contributed by atoms with van der Waals surface area (Å²) in [6.07, 6.45) is 0.982. The Morgan fingerprint density at radius 2 is 1.89 bits per heavy atom. The summed E-state index contributed by atoms with van der Waals surface area (Å²) in [6.45, 7) is 6.54. The van der Waals surface area contributed by atoms with Gasteiger partial charge in [-0.25, -0.2) is 4.68 Å². The second kappa shape index (κ2) is 14.4. The lowest BCUT2D eigenvalue weighted by Crippen LogP contribution is -2.31. The molecular weight excluding hydrogens is 666 g/mol. The van der Waals surface area contributed by atoms with Crippen LogP contribution in [-0.4, -0.2) is 40.1 Å². The molecular formula is C32H33BrClN5O4S. The van der Waals surface area contributed by atoms with E-state index in [4.69, 9.17) is 35.9 Å². The average molecular weight is 699 g/mol. The average Bonchev–Trinajstić information content (AvgIpc) is 3.42. The highest BCUT2D eigenvalue weighted by atomic mass is 79.9. The van der Waals surface area contributed by atoms with Crippen molar-refractivity contribution in [2.75, 3.05) is 30.1 Å². The fraction of sp³-hybridized carbons (Fsp3) is 0.281. The lowest BCUT2D eigenvalue weighted by Gasteiger charge is -2.29. The van der Waals surface area contributed by atoms with Gasteiger partial charge in [0.1, 0.15) is 18.4 Å². The largest absolute Gasteiger partial charge is 0.495 e. The van der Waals surface area contributed by atoms with Crippen molar-refractivity contribution >= 4 is 56.8 Å². The Morgan fingerprint density at radius 1 is 1.11 bits per heavy atom. The van der Waals surface area contributed by atoms with Crippen LogP contribution in [0.3, 0.4) is 0 Å². The Morgan fingerprint density at radius 3 is 2.64 bits per heavy atom. The highest BCUT2D eigenvalue weighted by Crippen LogP contribution is 2.44. The predicted octanol–water partition coefficient (Wildman–Crippen LogP) is 8.11. The number of amides is 1. The summed E-state index contributed by atoms with van der Waals surface area (Å²) >= 11 is 11.7. The van der Waals surface area contributed by atoms with Gasteiger partial charge in [0.05, 0.1) is 29.4 Å². The summed E-state index contributed by atoms with van der Waals surface area (Å²) in [7, 11) is 1.57. The number of rotatable bonds is 12. The number of fused-ring (bicyclic) bond motifs is 1. The van der Waals surface area contributed by atoms with E-state index in [0.717, 1.165) is 23.3 Å². The molecule has 5 rings (SSSR count). The molecule has 9 nitrogen and oxygen atoms in total. The van der Waals surface area contributed by atoms with E-state index in [-0.39, 0.29) is 12.5 Å². The van der Waals surface area contributed by atoms with Crippen molar-refractivity contribution in [3.05, 3.63) is 92.6 Å². The third-order valence-electron chi connectivity index (χ3n) is 6.85. The highest BCUT2D eigenvalue weighted by Gasteiger charge is 2.36. The zero-order chi connectivity index (χ0) is 31.2. The lowest BCUT2D eigenvalue weighted by molar-refractivity contribution is -0.113. The topological polar surface area (TPSA) is 99.5 Å². The quantitative estimate of drug-likeness (QED) is 0.143. The number of para-hydroxylation sites is 2. The van der Waals surface area contributed by atoms with E-state index in [1.807, 2.05) is 62.4 Å². The fourth-order valence-corrected chi connectivity index (χ4v) is 6.29. The lowest BCUT2D eigenvalue weighted by atomic mass is 9.94. The number of benzene rings is 3. The number of nitrogens with zero attached hydrogens (tertiary/aromatic N) is 3. The molecule has 1 amide bonds. The van der Waals surface area contributed by atoms with E-state index in [0.29, 0.717) is 61.4 Å². The van der Waals surface area contributed by atoms with Crippen LogP contribution >= 0.6 is 39.3 Å². The number of ether oxygens (including phenoxy) is 3. The number of aromatic nitrogens is 3. The van der Waals surface area contributed by atoms with Crippen LogP contribution in [0.15, 0.2) is 81.6 Å². The van der Waals surface area contributed by atoms with Crippen molar-refractivity contribution in [2.45, 2.75) is 45.0 Å². The van der Waals surface area contributed by atoms with Crippen molar-refractivity contribution < 1.29 is 19.0 Å². The molecule has 2 N–H and O–H groups in total. The maximum atomic E-state index is 14.1. The number of allylic oxidation sites excluding steroid dienone is 1. The Hall–Kier alpha value is -3.67. The number of halogens is 2. The van der Waals surface area contributed by atoms with Crippen LogP contribution in [0.5, 0.6) is 17.2 Å². The number of hydrogen-bond acceptors (Lipinski definition) is 8. The van der Waals surface area contributed by atoms with Gasteiger partial charge in [0.15, 0.2) is 11.5 Å². The SMILES string of the molecule is CCCSc1nc2n(n1)C(c1cc(Br)c(OCc3ccccc3Cl)c(OCC)c1)C(C(=O)Nc1ccccc1OC)=C(C)N2. The van der Waals surface area contributed by atoms with Crippen LogP contribution in [0.25, 0.3) is 0 Å². The number of methoxy groups -OCH3 is 1. The van der Waals surface area contributed by atoms with Crippen LogP contribution in [0.2, 0.25) is 5.02 Å². The van der Waals surface area contributed by atoms with Gasteiger partial charge in [0, 0.05) is 22.0 Å². The normalized spacial score (nSPS) is 14.1. The van der Waals surface area contributed by atoms with Crippen LogP contribution in [0.4, 0.5) is 11.6 Å². The molecule has 3 aromatic carbocycles. The molecule has 4 aromatic rings. The van der Waals surface area contributed by atoms with Crippen LogP contribution in [0.1, 0.15) is 44.4 Å². The number of hydrogen-bond donors (Lipinski definition) is 2. The second-order valence-corrected chi connectivity index (χ2v) is 12.2. The molecule has 1 aromatic heterocycles. The predicted molar refractivity (Wildman–Crippen MR) is 178 cm³/mol. The van der Waals surface area contributed by atoms with Crippen molar-refractivity contribution in [1.29, 1.82) is 0 Å². The minimum Gasteiger partial charge on any atom is -0.495 e. The molecule has 0 bridgehead atoms. The third-order valence-corrected chi connectivity index (χ3v) is 8.85. The molecule has 12 heteroatoms. The number of nitrogens with one attached hydrogen (secondary N) is 2. The Bertz CT molecular complexity index is 1700. The molecule has 0 aliphatic carbocycles. The molecule has 1 unspecified atom stereocenters. The third kappa shape index (κ3) is 6.85. The van der Waals surface area contributed by atoms with Gasteiger partial charge in [-0.2, -0.15) is 4.98 Å². The molecule has 2 heterocycles. The van der Waals surface area contributed by atoms with Gasteiger partial charge in [-0.1, -0.05) is 60.6 Å². The highest BCUT2D eigenvalue weighted by molar-refractivity contribution is 9.10. The molecule has 230 valence electrons. The number of carbonyl (C=O) groups is 1. The number of anilines is 2. The fourth-order valence-electron chi connectivity index (χ4n) is 4.84. The second-order valence-electron chi connectivity index (χ2n) is 9.87. The van der Waals surface area contributed by atoms with Crippen molar-refractivity contribution in [1.82, 2.24) is 14.8 Å². The van der Waals surface area contributed by atoms with Gasteiger partial charge < -0.3 is 24.8 Å². The van der Waals surface area contributed by atoms with Gasteiger partial charge >= 0.3 is 0 Å². The van der Waals surface area contributed by atoms with E-state index in [1.165, 1.54) is 0 Å². The Labute approximate surface area is 274 Å². The number of thioether (sulfide) groups is 1. The van der Waals surface area contributed by atoms with Gasteiger partial charge in [0.25, 0.3) is 5.91 Å². The first kappa shape index (κ1) is 31.7. The summed E-state index contributed by atoms with van der Waals surface area (Å²) in [6, 6.07) is 18.0. The van der Waals surface area contributed by atoms with Gasteiger partial charge in [-0.05, 0) is 72.1 Å². The summed E-state index contributed by atoms with van der Waals surface area (Å²) in [4.78, 5) is 18.8. The first-order valence-corrected chi connectivity index (χ1v) is 16.3. The maximum absolute atomic E-state index is 14.1. The molecule has 44 heavy (non-hydrogen) atoms. The van der Waals surface area contributed by atoms with Crippen molar-refractivity contribution in [2.24, 2.45) is 0 Å². The summed E-state index contributed by atoms with van der Waals surface area (Å²) in [5, 5.41) is 12.4. The zero-order valence-corrected chi connectivity index (χ0v) is 28.0. The van der Waals surface area contributed by atoms with E-state index in [2.05, 4.69) is 33.5 Å². The van der Waals surface area contributed by atoms with Crippen LogP contribution in [-0.2, 0) is 11.4 Å². The molecule has 0 radical (unpaired) electrons. The minimum atomic E-state index is -0.627. The van der Waals surface area contributed by atoms with Gasteiger partial charge in [-0.15, -0.1) is 5.10 Å². The molecule has 0 fully saturated rings. The zero-order valence-electron chi connectivity index (χ0n) is 24.8. The maximum Gasteiger partial charge on any atom is 0.255 e. The molecule has 0 spiro atoms. The summed E-state index contributed by atoms with van der Waals surface area (Å²) in [5.74, 6) is 2.73. The Balaban J connectivity index is 1.58. The summed E-state index contributed by atoms with van der Waals surface area (Å²) in [5.41, 5.74) is 3.29. The smallest absolute Gasteiger partial charge is 0.255 e. The molecule has 1 aliphatic heterocycles. The first-order chi connectivity index (χ1) is 21.3. The van der Waals surface area contributed by atoms with Crippen LogP contribution < -0.4 is 24.8 Å². The van der Waals surface area contributed by atoms with Gasteiger partial charge in [0.2, 0.25) is 11.1 Å². The van der Waals surface area contributed by atoms with E-state index >= 15 is 0 Å². The minimum absolute atomic E-state index is 0.252. The van der Waals surface area contributed by atoms with E-state index in [1.54, 1.807) is 35.7 Å². The van der Waals surface area contributed by atoms with E-state index in [9.17, 15) is 4.79 Å². The molecule has 1 atom stereocenters. The molecule has 0 saturated heterocycles. The molecule has 1 aliphatic rings. The Kier molecular flexibility index (Phi) is 10.4. The monoisotopic (exact) mass is 697 g/mol. The first-order valence-electron chi connectivity index (χ1n) is 14.2. The summed E-state index contributed by atoms with van der Waals surface area (Å²) < 4.78 is 20.2.